The van der Waals surface area contributed by atoms with Gasteiger partial charge in [0.15, 0.2) is 0 Å². The molecule has 2 aliphatic rings. The molecule has 11 nitrogen and oxygen atoms in total. The molecule has 1 aromatic heterocycles. The summed E-state index contributed by atoms with van der Waals surface area (Å²) in [5.74, 6) is 0.126. The lowest BCUT2D eigenvalue weighted by atomic mass is 10.0. The zero-order chi connectivity index (χ0) is 25.4. The highest BCUT2D eigenvalue weighted by molar-refractivity contribution is 6.20. The second-order valence-electron chi connectivity index (χ2n) is 8.72. The van der Waals surface area contributed by atoms with Crippen molar-refractivity contribution in [1.82, 2.24) is 25.9 Å². The van der Waals surface area contributed by atoms with Gasteiger partial charge in [0.05, 0.1) is 11.4 Å². The number of nitrogens with one attached hydrogen (secondary N) is 3. The van der Waals surface area contributed by atoms with E-state index in [-0.39, 0.29) is 5.91 Å². The Morgan fingerprint density at radius 1 is 1.03 bits per heavy atom. The standard InChI is InChI=1S/C26H23N9O2/c1-34-20-10-6-5-9-19(20)22(17-7-3-2-4-8-17)28-23(24(34)36)29-26(37)27-18-12-11-16-13-14-35(21(16)15-18)25-30-32-33-31-25/h2-12,15,23H,13-14H2,1H3,(H2,27,29,37)(H,30,31,32,33)/t23-/m0/s1. The van der Waals surface area contributed by atoms with Crippen molar-refractivity contribution in [2.75, 3.05) is 28.7 Å². The fourth-order valence-corrected chi connectivity index (χ4v) is 4.67. The highest BCUT2D eigenvalue weighted by Gasteiger charge is 2.31. The first-order chi connectivity index (χ1) is 18.1. The minimum Gasteiger partial charge on any atom is -0.311 e. The van der Waals surface area contributed by atoms with Crippen LogP contribution in [0.25, 0.3) is 0 Å². The number of para-hydroxylation sites is 1. The number of likely N-dealkylation sites (N-methyl/N-ethyl adjacent to an activating group) is 1. The molecule has 1 atom stereocenters. The van der Waals surface area contributed by atoms with E-state index in [1.54, 1.807) is 7.05 Å². The van der Waals surface area contributed by atoms with Crippen molar-refractivity contribution in [2.45, 2.75) is 12.6 Å². The summed E-state index contributed by atoms with van der Waals surface area (Å²) in [7, 11) is 1.68. The number of fused-ring (bicyclic) bond motifs is 2. The van der Waals surface area contributed by atoms with Gasteiger partial charge in [-0.3, -0.25) is 4.79 Å². The van der Waals surface area contributed by atoms with E-state index in [0.29, 0.717) is 23.9 Å². The Bertz CT molecular complexity index is 1500. The van der Waals surface area contributed by atoms with E-state index in [2.05, 4.69) is 31.3 Å². The van der Waals surface area contributed by atoms with Gasteiger partial charge in [0.25, 0.3) is 11.9 Å². The smallest absolute Gasteiger partial charge is 0.311 e. The zero-order valence-corrected chi connectivity index (χ0v) is 19.9. The molecule has 3 amide bonds. The number of aromatic nitrogens is 4. The fourth-order valence-electron chi connectivity index (χ4n) is 4.67. The molecule has 3 aromatic carbocycles. The molecule has 6 rings (SSSR count). The van der Waals surface area contributed by atoms with Gasteiger partial charge in [-0.2, -0.15) is 5.21 Å². The number of carbonyl (C=O) groups excluding carboxylic acids is 2. The Labute approximate surface area is 212 Å². The second kappa shape index (κ2) is 9.19. The third-order valence-corrected chi connectivity index (χ3v) is 6.47. The van der Waals surface area contributed by atoms with Crippen LogP contribution in [-0.2, 0) is 11.2 Å². The normalized spacial score (nSPS) is 16.5. The van der Waals surface area contributed by atoms with Crippen LogP contribution in [0.15, 0.2) is 77.8 Å². The first-order valence-electron chi connectivity index (χ1n) is 11.8. The van der Waals surface area contributed by atoms with E-state index in [4.69, 9.17) is 4.99 Å². The van der Waals surface area contributed by atoms with Gasteiger partial charge in [0, 0.05) is 36.1 Å². The predicted octanol–water partition coefficient (Wildman–Crippen LogP) is 2.86. The molecule has 37 heavy (non-hydrogen) atoms. The number of benzodiazepines with no additional fused rings is 1. The van der Waals surface area contributed by atoms with Crippen molar-refractivity contribution in [1.29, 1.82) is 0 Å². The quantitative estimate of drug-likeness (QED) is 0.401. The summed E-state index contributed by atoms with van der Waals surface area (Å²) in [6, 6.07) is 22.3. The van der Waals surface area contributed by atoms with Crippen LogP contribution in [0.5, 0.6) is 0 Å². The largest absolute Gasteiger partial charge is 0.321 e. The number of anilines is 4. The van der Waals surface area contributed by atoms with Crippen molar-refractivity contribution >= 4 is 40.7 Å². The Kier molecular flexibility index (Phi) is 5.56. The third kappa shape index (κ3) is 4.16. The van der Waals surface area contributed by atoms with E-state index in [0.717, 1.165) is 34.5 Å². The number of urea groups is 1. The molecular weight excluding hydrogens is 470 g/mol. The van der Waals surface area contributed by atoms with Gasteiger partial charge >= 0.3 is 6.03 Å². The van der Waals surface area contributed by atoms with Crippen LogP contribution in [0.3, 0.4) is 0 Å². The van der Waals surface area contributed by atoms with Crippen LogP contribution in [0.4, 0.5) is 27.8 Å². The molecule has 184 valence electrons. The first kappa shape index (κ1) is 22.4. The number of aromatic amines is 1. The van der Waals surface area contributed by atoms with Gasteiger partial charge in [-0.25, -0.2) is 9.79 Å². The van der Waals surface area contributed by atoms with Gasteiger partial charge in [-0.1, -0.05) is 59.7 Å². The number of H-pyrrole nitrogens is 1. The van der Waals surface area contributed by atoms with E-state index >= 15 is 0 Å². The van der Waals surface area contributed by atoms with E-state index < -0.39 is 12.2 Å². The first-order valence-corrected chi connectivity index (χ1v) is 11.8. The topological polar surface area (TPSA) is 132 Å². The number of hydrogen-bond acceptors (Lipinski definition) is 7. The van der Waals surface area contributed by atoms with Crippen molar-refractivity contribution in [3.8, 4) is 0 Å². The van der Waals surface area contributed by atoms with Gasteiger partial charge in [0.2, 0.25) is 6.17 Å². The number of carbonyl (C=O) groups is 2. The Balaban J connectivity index is 1.27. The Hall–Kier alpha value is -5.06. The predicted molar refractivity (Wildman–Crippen MR) is 139 cm³/mol. The van der Waals surface area contributed by atoms with Crippen LogP contribution in [-0.4, -0.2) is 58.0 Å². The average Bonchev–Trinajstić information content (AvgIpc) is 3.58. The van der Waals surface area contributed by atoms with Crippen LogP contribution in [0, 0.1) is 0 Å². The van der Waals surface area contributed by atoms with Gasteiger partial charge in [-0.15, -0.1) is 5.10 Å². The van der Waals surface area contributed by atoms with Crippen LogP contribution in [0.2, 0.25) is 0 Å². The lowest BCUT2D eigenvalue weighted by molar-refractivity contribution is -0.119. The minimum atomic E-state index is -1.11. The number of aliphatic imine (C=N–C) groups is 1. The van der Waals surface area contributed by atoms with Gasteiger partial charge in [-0.05, 0) is 35.4 Å². The number of benzene rings is 3. The van der Waals surface area contributed by atoms with Crippen LogP contribution < -0.4 is 20.4 Å². The number of rotatable bonds is 4. The Morgan fingerprint density at radius 3 is 2.65 bits per heavy atom. The summed E-state index contributed by atoms with van der Waals surface area (Å²) in [6.45, 7) is 0.713. The molecule has 0 fully saturated rings. The summed E-state index contributed by atoms with van der Waals surface area (Å²) in [5, 5.41) is 19.8. The van der Waals surface area contributed by atoms with Gasteiger partial charge in [0.1, 0.15) is 0 Å². The maximum absolute atomic E-state index is 13.3. The maximum Gasteiger partial charge on any atom is 0.321 e. The molecule has 0 bridgehead atoms. The number of tetrazole rings is 1. The summed E-state index contributed by atoms with van der Waals surface area (Å²) in [5.41, 5.74) is 5.60. The summed E-state index contributed by atoms with van der Waals surface area (Å²) in [4.78, 5) is 34.6. The molecule has 0 radical (unpaired) electrons. The highest BCUT2D eigenvalue weighted by Crippen LogP contribution is 2.34. The third-order valence-electron chi connectivity index (χ3n) is 6.47. The molecular formula is C26H23N9O2. The lowest BCUT2D eigenvalue weighted by Crippen LogP contribution is -2.47. The van der Waals surface area contributed by atoms with E-state index in [9.17, 15) is 9.59 Å². The minimum absolute atomic E-state index is 0.342. The monoisotopic (exact) mass is 493 g/mol. The van der Waals surface area contributed by atoms with Gasteiger partial charge < -0.3 is 20.4 Å². The number of nitrogens with zero attached hydrogens (tertiary/aromatic N) is 6. The summed E-state index contributed by atoms with van der Waals surface area (Å²) >= 11 is 0. The maximum atomic E-state index is 13.3. The zero-order valence-electron chi connectivity index (χ0n) is 19.9. The number of amides is 3. The fraction of sp³-hybridized carbons (Fsp3) is 0.154. The second-order valence-corrected chi connectivity index (χ2v) is 8.72. The van der Waals surface area contributed by atoms with E-state index in [1.807, 2.05) is 77.7 Å². The molecule has 0 unspecified atom stereocenters. The Morgan fingerprint density at radius 2 is 1.84 bits per heavy atom. The molecule has 0 aliphatic carbocycles. The molecule has 0 spiro atoms. The summed E-state index contributed by atoms with van der Waals surface area (Å²) < 4.78 is 0. The van der Waals surface area contributed by atoms with Crippen molar-refractivity contribution in [3.05, 3.63) is 89.5 Å². The lowest BCUT2D eigenvalue weighted by Gasteiger charge is -2.21. The van der Waals surface area contributed by atoms with Crippen molar-refractivity contribution in [3.63, 3.8) is 0 Å². The molecule has 3 N–H and O–H groups in total. The number of hydrogen-bond donors (Lipinski definition) is 3. The van der Waals surface area contributed by atoms with Crippen LogP contribution in [0.1, 0.15) is 16.7 Å². The van der Waals surface area contributed by atoms with Crippen LogP contribution >= 0.6 is 0 Å². The molecule has 0 saturated carbocycles. The average molecular weight is 494 g/mol. The highest BCUT2D eigenvalue weighted by atomic mass is 16.2. The molecule has 4 aromatic rings. The van der Waals surface area contributed by atoms with E-state index in [1.165, 1.54) is 4.90 Å². The molecule has 0 saturated heterocycles. The van der Waals surface area contributed by atoms with Crippen molar-refractivity contribution < 1.29 is 9.59 Å². The molecule has 11 heteroatoms. The molecule has 2 aliphatic heterocycles. The summed E-state index contributed by atoms with van der Waals surface area (Å²) in [6.07, 6.45) is -0.283. The van der Waals surface area contributed by atoms with Crippen molar-refractivity contribution in [2.24, 2.45) is 4.99 Å². The SMILES string of the molecule is CN1C(=O)[C@H](NC(=O)Nc2ccc3c(c2)N(c2nn[nH]n2)CC3)N=C(c2ccccc2)c2ccccc21. The molecule has 3 heterocycles.